The summed E-state index contributed by atoms with van der Waals surface area (Å²) in [7, 11) is -4.00. The molecule has 0 aliphatic carbocycles. The van der Waals surface area contributed by atoms with E-state index < -0.39 is 15.9 Å². The summed E-state index contributed by atoms with van der Waals surface area (Å²) >= 11 is 5.80. The number of amides is 1. The minimum absolute atomic E-state index is 0. The van der Waals surface area contributed by atoms with E-state index >= 15 is 0 Å². The highest BCUT2D eigenvalue weighted by Crippen LogP contribution is 2.21. The Kier molecular flexibility index (Phi) is 5.84. The number of aromatic nitrogens is 1. The van der Waals surface area contributed by atoms with Crippen molar-refractivity contribution in [2.45, 2.75) is 18.7 Å². The summed E-state index contributed by atoms with van der Waals surface area (Å²) in [6.07, 6.45) is 0. The molecule has 23 heavy (non-hydrogen) atoms. The second-order valence-corrected chi connectivity index (χ2v) is 6.71. The van der Waals surface area contributed by atoms with E-state index in [4.69, 9.17) is 16.7 Å². The Balaban J connectivity index is 0.00000264. The lowest BCUT2D eigenvalue weighted by molar-refractivity contribution is -0.654. The van der Waals surface area contributed by atoms with E-state index in [2.05, 4.69) is 5.43 Å². The van der Waals surface area contributed by atoms with Crippen LogP contribution in [0.5, 0.6) is 0 Å². The van der Waals surface area contributed by atoms with Gasteiger partial charge in [-0.15, -0.1) is 5.43 Å². The van der Waals surface area contributed by atoms with Crippen molar-refractivity contribution < 1.29 is 23.4 Å². The van der Waals surface area contributed by atoms with Crippen LogP contribution in [0, 0.1) is 13.8 Å². The number of rotatable bonds is 3. The topological polar surface area (TPSA) is 123 Å². The molecule has 0 atom stereocenters. The van der Waals surface area contributed by atoms with Gasteiger partial charge in [0.2, 0.25) is 21.4 Å². The van der Waals surface area contributed by atoms with Crippen LogP contribution in [0.3, 0.4) is 0 Å². The third-order valence-electron chi connectivity index (χ3n) is 3.09. The van der Waals surface area contributed by atoms with Crippen LogP contribution in [0.4, 0.5) is 0 Å². The van der Waals surface area contributed by atoms with Gasteiger partial charge >= 0.3 is 5.91 Å². The van der Waals surface area contributed by atoms with E-state index in [1.807, 2.05) is 32.0 Å². The van der Waals surface area contributed by atoms with E-state index in [1.165, 1.54) is 12.1 Å². The van der Waals surface area contributed by atoms with Gasteiger partial charge in [-0.1, -0.05) is 16.3 Å². The summed E-state index contributed by atoms with van der Waals surface area (Å²) in [5.41, 5.74) is 4.49. The van der Waals surface area contributed by atoms with E-state index in [0.29, 0.717) is 0 Å². The van der Waals surface area contributed by atoms with Crippen molar-refractivity contribution in [2.24, 2.45) is 5.14 Å². The fourth-order valence-corrected chi connectivity index (χ4v) is 3.03. The molecule has 9 heteroatoms. The first-order chi connectivity index (χ1) is 10.2. The molecule has 4 N–H and O–H groups in total. The quantitative estimate of drug-likeness (QED) is 0.798. The van der Waals surface area contributed by atoms with Crippen molar-refractivity contribution in [3.63, 3.8) is 0 Å². The molecule has 0 spiro atoms. The minimum atomic E-state index is -4.00. The molecule has 0 radical (unpaired) electrons. The number of sulfonamides is 1. The molecular formula is C14H16ClN3O4S. The molecule has 0 bridgehead atoms. The number of primary sulfonamides is 1. The monoisotopic (exact) mass is 357 g/mol. The van der Waals surface area contributed by atoms with Gasteiger partial charge in [0.15, 0.2) is 0 Å². The Morgan fingerprint density at radius 1 is 1.17 bits per heavy atom. The SMILES string of the molecule is Cc1cccc(C)[n+]1NC(=O)c1ccc(Cl)c(S(N)(=O)=O)c1.[OH-]. The van der Waals surface area contributed by atoms with Gasteiger partial charge in [-0.25, -0.2) is 13.6 Å². The molecule has 0 aliphatic heterocycles. The number of hydrogen-bond donors (Lipinski definition) is 2. The zero-order chi connectivity index (χ0) is 16.5. The average Bonchev–Trinajstić information content (AvgIpc) is 2.42. The van der Waals surface area contributed by atoms with Crippen LogP contribution in [0.25, 0.3) is 0 Å². The highest BCUT2D eigenvalue weighted by molar-refractivity contribution is 7.89. The van der Waals surface area contributed by atoms with Crippen LogP contribution in [0.2, 0.25) is 5.02 Å². The fraction of sp³-hybridized carbons (Fsp3) is 0.143. The van der Waals surface area contributed by atoms with Gasteiger partial charge in [-0.3, -0.25) is 4.79 Å². The first-order valence-corrected chi connectivity index (χ1v) is 8.24. The average molecular weight is 358 g/mol. The lowest BCUT2D eigenvalue weighted by Crippen LogP contribution is -2.52. The van der Waals surface area contributed by atoms with Crippen molar-refractivity contribution in [3.8, 4) is 0 Å². The molecular weight excluding hydrogens is 342 g/mol. The van der Waals surface area contributed by atoms with Gasteiger partial charge < -0.3 is 5.48 Å². The Morgan fingerprint density at radius 2 is 1.74 bits per heavy atom. The number of benzene rings is 1. The van der Waals surface area contributed by atoms with Crippen LogP contribution in [-0.4, -0.2) is 19.8 Å². The maximum Gasteiger partial charge on any atom is 0.305 e. The molecule has 0 saturated carbocycles. The molecule has 1 heterocycles. The van der Waals surface area contributed by atoms with Crippen molar-refractivity contribution in [1.29, 1.82) is 0 Å². The first kappa shape index (κ1) is 19.0. The summed E-state index contributed by atoms with van der Waals surface area (Å²) in [5.74, 6) is -0.469. The molecule has 0 aliphatic rings. The van der Waals surface area contributed by atoms with E-state index in [1.54, 1.807) is 4.68 Å². The standard InChI is InChI=1S/C14H14ClN3O3S.H2O/c1-9-4-3-5-10(2)18(9)17-14(19)11-6-7-12(15)13(8-11)22(16,20)21;/h3-8H,1-2H3,(H2-,16,17,19,20,21);1H2. The molecule has 1 aromatic carbocycles. The second kappa shape index (κ2) is 7.05. The number of hydrogen-bond acceptors (Lipinski definition) is 4. The molecule has 0 unspecified atom stereocenters. The second-order valence-electron chi connectivity index (χ2n) is 4.78. The number of pyridine rings is 1. The zero-order valence-corrected chi connectivity index (χ0v) is 14.0. The molecule has 1 amide bonds. The first-order valence-electron chi connectivity index (χ1n) is 6.32. The van der Waals surface area contributed by atoms with E-state index in [9.17, 15) is 13.2 Å². The maximum atomic E-state index is 12.3. The van der Waals surface area contributed by atoms with Crippen LogP contribution in [0.15, 0.2) is 41.3 Å². The van der Waals surface area contributed by atoms with Crippen LogP contribution in [-0.2, 0) is 10.0 Å². The molecule has 0 saturated heterocycles. The summed E-state index contributed by atoms with van der Waals surface area (Å²) in [5, 5.41) is 5.05. The molecule has 124 valence electrons. The fourth-order valence-electron chi connectivity index (χ4n) is 1.96. The van der Waals surface area contributed by atoms with Gasteiger partial charge in [-0.2, -0.15) is 0 Å². The Labute approximate surface area is 139 Å². The molecule has 2 aromatic rings. The third-order valence-corrected chi connectivity index (χ3v) is 4.49. The van der Waals surface area contributed by atoms with Gasteiger partial charge in [0.05, 0.1) is 5.02 Å². The Hall–Kier alpha value is -2.00. The number of aryl methyl sites for hydroxylation is 2. The van der Waals surface area contributed by atoms with E-state index in [-0.39, 0.29) is 21.0 Å². The van der Waals surface area contributed by atoms with Gasteiger partial charge in [-0.05, 0) is 24.3 Å². The van der Waals surface area contributed by atoms with Crippen molar-refractivity contribution in [1.82, 2.24) is 0 Å². The zero-order valence-electron chi connectivity index (χ0n) is 12.4. The number of carbonyl (C=O) groups is 1. The summed E-state index contributed by atoms with van der Waals surface area (Å²) in [6, 6.07) is 9.46. The van der Waals surface area contributed by atoms with Crippen molar-refractivity contribution in [3.05, 3.63) is 58.4 Å². The molecule has 2 rings (SSSR count). The van der Waals surface area contributed by atoms with Crippen molar-refractivity contribution in [2.75, 3.05) is 5.43 Å². The third kappa shape index (κ3) is 4.26. The molecule has 0 fully saturated rings. The number of halogens is 1. The predicted octanol–water partition coefficient (Wildman–Crippen LogP) is 1.10. The van der Waals surface area contributed by atoms with Gasteiger partial charge in [0.25, 0.3) is 0 Å². The molecule has 1 aromatic heterocycles. The number of nitrogens with one attached hydrogen (secondary N) is 1. The lowest BCUT2D eigenvalue weighted by atomic mass is 10.2. The maximum absolute atomic E-state index is 12.3. The normalized spacial score (nSPS) is 10.8. The van der Waals surface area contributed by atoms with Crippen LogP contribution in [0.1, 0.15) is 21.7 Å². The number of nitrogens with two attached hydrogens (primary N) is 1. The Bertz CT molecular complexity index is 833. The smallest absolute Gasteiger partial charge is 0.305 e. The van der Waals surface area contributed by atoms with Gasteiger partial charge in [0, 0.05) is 31.5 Å². The number of nitrogens with zero attached hydrogens (tertiary/aromatic N) is 1. The van der Waals surface area contributed by atoms with Gasteiger partial charge in [0.1, 0.15) is 4.90 Å². The van der Waals surface area contributed by atoms with Crippen LogP contribution >= 0.6 is 11.6 Å². The number of carbonyl (C=O) groups excluding carboxylic acids is 1. The summed E-state index contributed by atoms with van der Waals surface area (Å²) in [4.78, 5) is 12.0. The largest absolute Gasteiger partial charge is 0.870 e. The Morgan fingerprint density at radius 3 is 2.26 bits per heavy atom. The molecule has 7 nitrogen and oxygen atoms in total. The lowest BCUT2D eigenvalue weighted by Gasteiger charge is -2.07. The predicted molar refractivity (Wildman–Crippen MR) is 84.6 cm³/mol. The van der Waals surface area contributed by atoms with Crippen molar-refractivity contribution >= 4 is 27.5 Å². The summed E-state index contributed by atoms with van der Waals surface area (Å²) < 4.78 is 24.5. The summed E-state index contributed by atoms with van der Waals surface area (Å²) in [6.45, 7) is 3.68. The minimum Gasteiger partial charge on any atom is -0.870 e. The van der Waals surface area contributed by atoms with E-state index in [0.717, 1.165) is 17.5 Å². The van der Waals surface area contributed by atoms with Crippen LogP contribution < -0.4 is 15.2 Å². The highest BCUT2D eigenvalue weighted by Gasteiger charge is 2.19. The highest BCUT2D eigenvalue weighted by atomic mass is 35.5.